The fourth-order valence-corrected chi connectivity index (χ4v) is 5.84. The summed E-state index contributed by atoms with van der Waals surface area (Å²) >= 11 is 5.60. The first-order chi connectivity index (χ1) is 12.1. The van der Waals surface area contributed by atoms with Crippen LogP contribution in [0.3, 0.4) is 0 Å². The maximum atomic E-state index is 12.6. The molecule has 1 aromatic carbocycles. The number of hydrogen-bond donors (Lipinski definition) is 1. The molecule has 1 N–H and O–H groups in total. The summed E-state index contributed by atoms with van der Waals surface area (Å²) in [5.74, 6) is -0.358. The number of rotatable bonds is 7. The van der Waals surface area contributed by atoms with Crippen LogP contribution < -0.4 is 10.1 Å². The molecule has 1 aliphatic rings. The van der Waals surface area contributed by atoms with E-state index >= 15 is 0 Å². The molecule has 0 saturated carbocycles. The number of benzene rings is 1. The Morgan fingerprint density at radius 1 is 1.42 bits per heavy atom. The first kappa shape index (κ1) is 20.9. The van der Waals surface area contributed by atoms with Crippen molar-refractivity contribution in [2.45, 2.75) is 17.4 Å². The summed E-state index contributed by atoms with van der Waals surface area (Å²) in [4.78, 5) is 12.5. The van der Waals surface area contributed by atoms with E-state index < -0.39 is 31.8 Å². The van der Waals surface area contributed by atoms with Crippen LogP contribution in [0.2, 0.25) is 0 Å². The molecule has 0 aromatic heterocycles. The second-order valence-electron chi connectivity index (χ2n) is 5.95. The summed E-state index contributed by atoms with van der Waals surface area (Å²) in [5.41, 5.74) is 0.0251. The summed E-state index contributed by atoms with van der Waals surface area (Å²) < 4.78 is 54.4. The standard InChI is InChI=1S/C15H21ClN2O6S2/c1-18(7-6-16)26(22,23)12-3-4-14(24-2)13(9-12)15(19)17-11-5-8-25(20,21)10-11/h3-4,9,11H,5-8,10H2,1-2H3,(H,17,19)/t11-/m1/s1. The Labute approximate surface area is 158 Å². The third-order valence-corrected chi connectivity index (χ3v) is 7.88. The highest BCUT2D eigenvalue weighted by Crippen LogP contribution is 2.25. The van der Waals surface area contributed by atoms with Gasteiger partial charge < -0.3 is 10.1 Å². The second kappa shape index (κ2) is 8.12. The third-order valence-electron chi connectivity index (χ3n) is 4.09. The minimum atomic E-state index is -3.81. The summed E-state index contributed by atoms with van der Waals surface area (Å²) in [5, 5.41) is 2.63. The van der Waals surface area contributed by atoms with Crippen molar-refractivity contribution >= 4 is 37.4 Å². The van der Waals surface area contributed by atoms with Crippen LogP contribution in [-0.2, 0) is 19.9 Å². The maximum absolute atomic E-state index is 12.6. The lowest BCUT2D eigenvalue weighted by molar-refractivity contribution is 0.0938. The lowest BCUT2D eigenvalue weighted by Crippen LogP contribution is -2.36. The second-order valence-corrected chi connectivity index (χ2v) is 10.6. The molecule has 1 heterocycles. The first-order valence-electron chi connectivity index (χ1n) is 7.82. The van der Waals surface area contributed by atoms with E-state index in [2.05, 4.69) is 5.32 Å². The van der Waals surface area contributed by atoms with Crippen molar-refractivity contribution in [3.05, 3.63) is 23.8 Å². The molecule has 0 radical (unpaired) electrons. The quantitative estimate of drug-likeness (QED) is 0.637. The molecule has 0 unspecified atom stereocenters. The Balaban J connectivity index is 2.31. The summed E-state index contributed by atoms with van der Waals surface area (Å²) in [6.07, 6.45) is 0.326. The molecule has 1 aliphatic heterocycles. The molecule has 26 heavy (non-hydrogen) atoms. The molecule has 1 fully saturated rings. The van der Waals surface area contributed by atoms with Gasteiger partial charge in [0.2, 0.25) is 10.0 Å². The van der Waals surface area contributed by atoms with Crippen molar-refractivity contribution in [3.63, 3.8) is 0 Å². The predicted molar refractivity (Wildman–Crippen MR) is 98.1 cm³/mol. The molecule has 0 spiro atoms. The Bertz CT molecular complexity index is 885. The van der Waals surface area contributed by atoms with Gasteiger partial charge in [0.25, 0.3) is 5.91 Å². The van der Waals surface area contributed by atoms with E-state index in [4.69, 9.17) is 16.3 Å². The van der Waals surface area contributed by atoms with Gasteiger partial charge in [-0.15, -0.1) is 11.6 Å². The van der Waals surface area contributed by atoms with Gasteiger partial charge in [-0.2, -0.15) is 4.31 Å². The van der Waals surface area contributed by atoms with E-state index in [0.29, 0.717) is 6.42 Å². The van der Waals surface area contributed by atoms with E-state index in [9.17, 15) is 21.6 Å². The first-order valence-corrected chi connectivity index (χ1v) is 11.6. The van der Waals surface area contributed by atoms with Crippen LogP contribution >= 0.6 is 11.6 Å². The van der Waals surface area contributed by atoms with Gasteiger partial charge in [-0.25, -0.2) is 16.8 Å². The minimum Gasteiger partial charge on any atom is -0.496 e. The van der Waals surface area contributed by atoms with E-state index in [1.807, 2.05) is 0 Å². The number of halogens is 1. The number of alkyl halides is 1. The Morgan fingerprint density at radius 3 is 2.65 bits per heavy atom. The van der Waals surface area contributed by atoms with Gasteiger partial charge in [0.05, 0.1) is 29.1 Å². The van der Waals surface area contributed by atoms with Crippen LogP contribution in [0.4, 0.5) is 0 Å². The minimum absolute atomic E-state index is 0.0206. The lowest BCUT2D eigenvalue weighted by atomic mass is 10.1. The van der Waals surface area contributed by atoms with Crippen LogP contribution in [0, 0.1) is 0 Å². The van der Waals surface area contributed by atoms with Crippen molar-refractivity contribution in [3.8, 4) is 5.75 Å². The van der Waals surface area contributed by atoms with Gasteiger partial charge in [-0.1, -0.05) is 0 Å². The van der Waals surface area contributed by atoms with E-state index in [1.165, 1.54) is 32.4 Å². The normalized spacial score (nSPS) is 19.5. The molecule has 0 aliphatic carbocycles. The molecule has 1 amide bonds. The number of methoxy groups -OCH3 is 1. The SMILES string of the molecule is COc1ccc(S(=O)(=O)N(C)CCCl)cc1C(=O)N[C@@H]1CCS(=O)(=O)C1. The molecular formula is C15H21ClN2O6S2. The summed E-state index contributed by atoms with van der Waals surface area (Å²) in [7, 11) is -4.20. The zero-order valence-corrected chi connectivity index (χ0v) is 16.8. The largest absolute Gasteiger partial charge is 0.496 e. The number of amides is 1. The fraction of sp³-hybridized carbons (Fsp3) is 0.533. The maximum Gasteiger partial charge on any atom is 0.255 e. The average molecular weight is 425 g/mol. The van der Waals surface area contributed by atoms with Gasteiger partial charge in [-0.05, 0) is 24.6 Å². The van der Waals surface area contributed by atoms with Crippen molar-refractivity contribution < 1.29 is 26.4 Å². The molecule has 146 valence electrons. The molecule has 1 aromatic rings. The predicted octanol–water partition coefficient (Wildman–Crippen LogP) is 0.471. The van der Waals surface area contributed by atoms with Crippen LogP contribution in [0.1, 0.15) is 16.8 Å². The topological polar surface area (TPSA) is 110 Å². The third kappa shape index (κ3) is 4.67. The number of sulfone groups is 1. The molecule has 0 bridgehead atoms. The summed E-state index contributed by atoms with van der Waals surface area (Å²) in [6.45, 7) is 0.122. The van der Waals surface area contributed by atoms with Crippen LogP contribution in [-0.4, -0.2) is 71.2 Å². The number of sulfonamides is 1. The van der Waals surface area contributed by atoms with Crippen molar-refractivity contribution in [2.24, 2.45) is 0 Å². The Hall–Kier alpha value is -1.36. The molecule has 1 saturated heterocycles. The van der Waals surface area contributed by atoms with Crippen LogP contribution in [0.25, 0.3) is 0 Å². The lowest BCUT2D eigenvalue weighted by Gasteiger charge is -2.18. The van der Waals surface area contributed by atoms with Crippen molar-refractivity contribution in [1.82, 2.24) is 9.62 Å². The number of nitrogens with zero attached hydrogens (tertiary/aromatic N) is 1. The molecule has 2 rings (SSSR count). The molecule has 8 nitrogen and oxygen atoms in total. The number of carbonyl (C=O) groups excluding carboxylic acids is 1. The molecule has 1 atom stereocenters. The number of hydrogen-bond acceptors (Lipinski definition) is 6. The highest BCUT2D eigenvalue weighted by atomic mass is 35.5. The van der Waals surface area contributed by atoms with Gasteiger partial charge in [0.15, 0.2) is 9.84 Å². The molecule has 11 heteroatoms. The highest BCUT2D eigenvalue weighted by molar-refractivity contribution is 7.91. The van der Waals surface area contributed by atoms with Gasteiger partial charge >= 0.3 is 0 Å². The van der Waals surface area contributed by atoms with Gasteiger partial charge in [-0.3, -0.25) is 4.79 Å². The number of carbonyl (C=O) groups is 1. The zero-order chi connectivity index (χ0) is 19.5. The van der Waals surface area contributed by atoms with E-state index in [0.717, 1.165) is 4.31 Å². The summed E-state index contributed by atoms with van der Waals surface area (Å²) in [6, 6.07) is 3.45. The highest BCUT2D eigenvalue weighted by Gasteiger charge is 2.30. The monoisotopic (exact) mass is 424 g/mol. The van der Waals surface area contributed by atoms with E-state index in [-0.39, 0.29) is 40.1 Å². The number of ether oxygens (including phenoxy) is 1. The van der Waals surface area contributed by atoms with Gasteiger partial charge in [0.1, 0.15) is 5.75 Å². The molecular weight excluding hydrogens is 404 g/mol. The van der Waals surface area contributed by atoms with Gasteiger partial charge in [0, 0.05) is 25.5 Å². The average Bonchev–Trinajstić information content (AvgIpc) is 2.92. The van der Waals surface area contributed by atoms with Crippen LogP contribution in [0.15, 0.2) is 23.1 Å². The Morgan fingerprint density at radius 2 is 2.12 bits per heavy atom. The van der Waals surface area contributed by atoms with Crippen molar-refractivity contribution in [1.29, 1.82) is 0 Å². The van der Waals surface area contributed by atoms with E-state index in [1.54, 1.807) is 0 Å². The zero-order valence-electron chi connectivity index (χ0n) is 14.4. The fourth-order valence-electron chi connectivity index (χ4n) is 2.62. The van der Waals surface area contributed by atoms with Crippen LogP contribution in [0.5, 0.6) is 5.75 Å². The smallest absolute Gasteiger partial charge is 0.255 e. The number of nitrogens with one attached hydrogen (secondary N) is 1. The van der Waals surface area contributed by atoms with Crippen molar-refractivity contribution in [2.75, 3.05) is 38.1 Å². The Kier molecular flexibility index (Phi) is 6.54.